The monoisotopic (exact) mass is 293 g/mol. The predicted octanol–water partition coefficient (Wildman–Crippen LogP) is 1.73. The van der Waals surface area contributed by atoms with E-state index in [4.69, 9.17) is 5.11 Å². The van der Waals surface area contributed by atoms with E-state index in [0.29, 0.717) is 11.6 Å². The van der Waals surface area contributed by atoms with Gasteiger partial charge in [-0.05, 0) is 44.5 Å². The minimum Gasteiger partial charge on any atom is -0.478 e. The summed E-state index contributed by atoms with van der Waals surface area (Å²) in [6, 6.07) is 4.11. The molecule has 114 valence electrons. The molecule has 1 saturated heterocycles. The van der Waals surface area contributed by atoms with Crippen molar-refractivity contribution in [2.24, 2.45) is 5.92 Å². The zero-order valence-corrected chi connectivity index (χ0v) is 11.9. The Kier molecular flexibility index (Phi) is 4.74. The highest BCUT2D eigenvalue weighted by Crippen LogP contribution is 2.32. The number of aromatic carboxylic acids is 1. The van der Waals surface area contributed by atoms with Gasteiger partial charge in [-0.3, -0.25) is 10.1 Å². The Morgan fingerprint density at radius 1 is 1.57 bits per heavy atom. The maximum Gasteiger partial charge on any atom is 0.335 e. The Morgan fingerprint density at radius 2 is 2.33 bits per heavy atom. The number of nitro benzene ring substituents is 1. The zero-order valence-electron chi connectivity index (χ0n) is 11.9. The molecule has 1 heterocycles. The molecular weight excluding hydrogens is 274 g/mol. The largest absolute Gasteiger partial charge is 0.478 e. The quantitative estimate of drug-likeness (QED) is 0.634. The molecule has 1 aromatic rings. The van der Waals surface area contributed by atoms with Gasteiger partial charge >= 0.3 is 5.97 Å². The molecule has 0 spiro atoms. The molecule has 2 N–H and O–H groups in total. The van der Waals surface area contributed by atoms with Gasteiger partial charge in [-0.2, -0.15) is 0 Å². The van der Waals surface area contributed by atoms with Gasteiger partial charge in [0.2, 0.25) is 0 Å². The van der Waals surface area contributed by atoms with Crippen molar-refractivity contribution < 1.29 is 14.8 Å². The highest BCUT2D eigenvalue weighted by atomic mass is 16.6. The third-order valence-electron chi connectivity index (χ3n) is 3.77. The van der Waals surface area contributed by atoms with Crippen LogP contribution in [-0.4, -0.2) is 42.7 Å². The smallest absolute Gasteiger partial charge is 0.335 e. The summed E-state index contributed by atoms with van der Waals surface area (Å²) in [5.41, 5.74) is 0.306. The normalized spacial score (nSPS) is 18.5. The van der Waals surface area contributed by atoms with E-state index in [1.165, 1.54) is 6.07 Å². The second-order valence-corrected chi connectivity index (χ2v) is 5.28. The highest BCUT2D eigenvalue weighted by Gasteiger charge is 2.26. The molecule has 1 aromatic carbocycles. The topological polar surface area (TPSA) is 95.7 Å². The van der Waals surface area contributed by atoms with E-state index in [0.717, 1.165) is 38.5 Å². The molecule has 0 bridgehead atoms. The Morgan fingerprint density at radius 3 is 2.95 bits per heavy atom. The minimum absolute atomic E-state index is 0.0609. The van der Waals surface area contributed by atoms with Crippen molar-refractivity contribution in [3.8, 4) is 0 Å². The lowest BCUT2D eigenvalue weighted by Crippen LogP contribution is -2.39. The lowest BCUT2D eigenvalue weighted by atomic mass is 9.97. The van der Waals surface area contributed by atoms with Crippen LogP contribution in [0.4, 0.5) is 11.4 Å². The number of piperidine rings is 1. The second-order valence-electron chi connectivity index (χ2n) is 5.28. The van der Waals surface area contributed by atoms with Crippen LogP contribution in [0.3, 0.4) is 0 Å². The number of anilines is 1. The standard InChI is InChI=1S/C14H19N3O4/c1-15-8-10-3-2-6-16(9-10)12-5-4-11(14(18)19)7-13(12)17(20)21/h4-5,7,10,15H,2-3,6,8-9H2,1H3,(H,18,19). The van der Waals surface area contributed by atoms with E-state index in [-0.39, 0.29) is 11.3 Å². The maximum atomic E-state index is 11.2. The van der Waals surface area contributed by atoms with Gasteiger partial charge in [-0.15, -0.1) is 0 Å². The summed E-state index contributed by atoms with van der Waals surface area (Å²) in [7, 11) is 1.89. The van der Waals surface area contributed by atoms with Crippen LogP contribution >= 0.6 is 0 Å². The first-order valence-corrected chi connectivity index (χ1v) is 6.94. The lowest BCUT2D eigenvalue weighted by Gasteiger charge is -2.34. The lowest BCUT2D eigenvalue weighted by molar-refractivity contribution is -0.384. The van der Waals surface area contributed by atoms with E-state index in [1.807, 2.05) is 11.9 Å². The summed E-state index contributed by atoms with van der Waals surface area (Å²) in [6.07, 6.45) is 2.07. The van der Waals surface area contributed by atoms with Gasteiger partial charge in [0, 0.05) is 19.2 Å². The third kappa shape index (κ3) is 3.49. The average molecular weight is 293 g/mol. The van der Waals surface area contributed by atoms with Crippen LogP contribution in [0.1, 0.15) is 23.2 Å². The number of nitrogens with zero attached hydrogens (tertiary/aromatic N) is 2. The predicted molar refractivity (Wildman–Crippen MR) is 78.9 cm³/mol. The van der Waals surface area contributed by atoms with Crippen molar-refractivity contribution in [1.82, 2.24) is 5.32 Å². The van der Waals surface area contributed by atoms with Crippen LogP contribution < -0.4 is 10.2 Å². The highest BCUT2D eigenvalue weighted by molar-refractivity contribution is 5.89. The summed E-state index contributed by atoms with van der Waals surface area (Å²) >= 11 is 0. The molecule has 21 heavy (non-hydrogen) atoms. The number of nitrogens with one attached hydrogen (secondary N) is 1. The molecular formula is C14H19N3O4. The number of nitro groups is 1. The molecule has 1 atom stereocenters. The number of rotatable bonds is 5. The van der Waals surface area contributed by atoms with Crippen molar-refractivity contribution in [3.05, 3.63) is 33.9 Å². The van der Waals surface area contributed by atoms with Gasteiger partial charge in [0.1, 0.15) is 5.69 Å². The first-order chi connectivity index (χ1) is 10.0. The summed E-state index contributed by atoms with van der Waals surface area (Å²) < 4.78 is 0. The molecule has 0 aliphatic carbocycles. The van der Waals surface area contributed by atoms with Crippen molar-refractivity contribution in [1.29, 1.82) is 0 Å². The van der Waals surface area contributed by atoms with Gasteiger partial charge < -0.3 is 15.3 Å². The van der Waals surface area contributed by atoms with Gasteiger partial charge in [-0.1, -0.05) is 0 Å². The first kappa shape index (κ1) is 15.2. The molecule has 1 fully saturated rings. The molecule has 7 nitrogen and oxygen atoms in total. The summed E-state index contributed by atoms with van der Waals surface area (Å²) in [5, 5.41) is 23.3. The molecule has 1 unspecified atom stereocenters. The second kappa shape index (κ2) is 6.53. The van der Waals surface area contributed by atoms with E-state index in [2.05, 4.69) is 5.32 Å². The van der Waals surface area contributed by atoms with Crippen LogP contribution in [0.2, 0.25) is 0 Å². The Balaban J connectivity index is 2.29. The van der Waals surface area contributed by atoms with Crippen molar-refractivity contribution in [3.63, 3.8) is 0 Å². The van der Waals surface area contributed by atoms with Crippen LogP contribution in [0, 0.1) is 16.0 Å². The van der Waals surface area contributed by atoms with Crippen molar-refractivity contribution >= 4 is 17.3 Å². The van der Waals surface area contributed by atoms with Crippen LogP contribution in [0.15, 0.2) is 18.2 Å². The molecule has 7 heteroatoms. The van der Waals surface area contributed by atoms with Gasteiger partial charge in [0.25, 0.3) is 5.69 Å². The number of benzene rings is 1. The van der Waals surface area contributed by atoms with Gasteiger partial charge in [0.05, 0.1) is 10.5 Å². The molecule has 0 amide bonds. The molecule has 1 aliphatic rings. The summed E-state index contributed by atoms with van der Waals surface area (Å²) in [6.45, 7) is 2.37. The Labute approximate surface area is 122 Å². The van der Waals surface area contributed by atoms with Gasteiger partial charge in [0.15, 0.2) is 0 Å². The fourth-order valence-electron chi connectivity index (χ4n) is 2.81. The molecule has 1 aliphatic heterocycles. The maximum absolute atomic E-state index is 11.2. The van der Waals surface area contributed by atoms with Crippen LogP contribution in [0.25, 0.3) is 0 Å². The Bertz CT molecular complexity index is 545. The van der Waals surface area contributed by atoms with E-state index in [9.17, 15) is 14.9 Å². The summed E-state index contributed by atoms with van der Waals surface area (Å²) in [4.78, 5) is 23.6. The SMILES string of the molecule is CNCC1CCCN(c2ccc(C(=O)O)cc2[N+](=O)[O-])C1. The van der Waals surface area contributed by atoms with Crippen molar-refractivity contribution in [2.75, 3.05) is 31.6 Å². The van der Waals surface area contributed by atoms with Gasteiger partial charge in [-0.25, -0.2) is 4.79 Å². The minimum atomic E-state index is -1.16. The van der Waals surface area contributed by atoms with Crippen LogP contribution in [0.5, 0.6) is 0 Å². The Hall–Kier alpha value is -2.15. The number of carboxylic acids is 1. The van der Waals surface area contributed by atoms with E-state index >= 15 is 0 Å². The molecule has 0 aromatic heterocycles. The molecule has 0 saturated carbocycles. The first-order valence-electron chi connectivity index (χ1n) is 6.94. The molecule has 2 rings (SSSR count). The molecule has 0 radical (unpaired) electrons. The van der Waals surface area contributed by atoms with E-state index < -0.39 is 10.9 Å². The van der Waals surface area contributed by atoms with E-state index in [1.54, 1.807) is 6.07 Å². The number of carboxylic acid groups (broad SMARTS) is 1. The third-order valence-corrected chi connectivity index (χ3v) is 3.77. The summed E-state index contributed by atoms with van der Waals surface area (Å²) in [5.74, 6) is -0.709. The fraction of sp³-hybridized carbons (Fsp3) is 0.500. The zero-order chi connectivity index (χ0) is 15.4. The number of hydrogen-bond donors (Lipinski definition) is 2. The van der Waals surface area contributed by atoms with Crippen molar-refractivity contribution in [2.45, 2.75) is 12.8 Å². The number of carbonyl (C=O) groups is 1. The fourth-order valence-corrected chi connectivity index (χ4v) is 2.81. The average Bonchev–Trinajstić information content (AvgIpc) is 2.47. The number of hydrogen-bond acceptors (Lipinski definition) is 5. The van der Waals surface area contributed by atoms with Crippen LogP contribution in [-0.2, 0) is 0 Å².